The monoisotopic (exact) mass is 207 g/mol. The average molecular weight is 207 g/mol. The molecular weight excluding hydrogens is 190 g/mol. The lowest BCUT2D eigenvalue weighted by atomic mass is 10.0. The number of anilines is 1. The van der Waals surface area contributed by atoms with Gasteiger partial charge in [-0.2, -0.15) is 0 Å². The van der Waals surface area contributed by atoms with Crippen LogP contribution in [0.15, 0.2) is 24.3 Å². The summed E-state index contributed by atoms with van der Waals surface area (Å²) in [4.78, 5) is 0. The van der Waals surface area contributed by atoms with E-state index in [1.165, 1.54) is 24.8 Å². The smallest absolute Gasteiger partial charge is 0.0723 e. The molecule has 1 fully saturated rings. The van der Waals surface area contributed by atoms with E-state index in [2.05, 4.69) is 12.1 Å². The molecule has 0 aromatic heterocycles. The first kappa shape index (κ1) is 9.74. The third-order valence-corrected chi connectivity index (χ3v) is 4.36. The Balaban J connectivity index is 2.23. The van der Waals surface area contributed by atoms with Crippen molar-refractivity contribution in [2.24, 2.45) is 0 Å². The summed E-state index contributed by atoms with van der Waals surface area (Å²) in [5.74, 6) is 0. The molecule has 0 amide bonds. The van der Waals surface area contributed by atoms with Crippen molar-refractivity contribution in [2.75, 3.05) is 12.3 Å². The Morgan fingerprint density at radius 1 is 1.21 bits per heavy atom. The van der Waals surface area contributed by atoms with E-state index in [-0.39, 0.29) is 5.22 Å². The van der Waals surface area contributed by atoms with E-state index < -0.39 is 0 Å². The van der Waals surface area contributed by atoms with Crippen molar-refractivity contribution >= 4 is 15.9 Å². The van der Waals surface area contributed by atoms with Gasteiger partial charge in [-0.05, 0) is 37.0 Å². The van der Waals surface area contributed by atoms with Crippen molar-refractivity contribution in [3.8, 4) is 0 Å². The van der Waals surface area contributed by atoms with Gasteiger partial charge < -0.3 is 10.5 Å². The number of hydrogen-bond acceptors (Lipinski definition) is 2. The van der Waals surface area contributed by atoms with Crippen molar-refractivity contribution in [3.05, 3.63) is 29.8 Å². The maximum absolute atomic E-state index is 5.91. The maximum Gasteiger partial charge on any atom is 0.0723 e. The number of nitrogen functional groups attached to an aromatic ring is 1. The van der Waals surface area contributed by atoms with Gasteiger partial charge in [0, 0.05) is 22.5 Å². The van der Waals surface area contributed by atoms with Crippen LogP contribution in [-0.4, -0.2) is 16.8 Å². The predicted octanol–water partition coefficient (Wildman–Crippen LogP) is 0.988. The van der Waals surface area contributed by atoms with Crippen LogP contribution in [0.3, 0.4) is 0 Å². The zero-order valence-electron chi connectivity index (χ0n) is 8.62. The largest absolute Gasteiger partial charge is 0.399 e. The van der Waals surface area contributed by atoms with Gasteiger partial charge in [0.25, 0.3) is 0 Å². The predicted molar refractivity (Wildman–Crippen MR) is 62.3 cm³/mol. The molecule has 0 aliphatic carbocycles. The second-order valence-electron chi connectivity index (χ2n) is 4.16. The summed E-state index contributed by atoms with van der Waals surface area (Å²) in [6.45, 7) is 0.911. The first-order chi connectivity index (χ1) is 6.71. The van der Waals surface area contributed by atoms with Gasteiger partial charge >= 0.3 is 0 Å². The highest BCUT2D eigenvalue weighted by molar-refractivity contribution is 6.14. The van der Waals surface area contributed by atoms with Crippen molar-refractivity contribution < 1.29 is 4.74 Å². The van der Waals surface area contributed by atoms with Crippen LogP contribution >= 0.6 is 0 Å². The molecule has 0 saturated carbocycles. The van der Waals surface area contributed by atoms with Gasteiger partial charge in [0.05, 0.1) is 5.22 Å². The topological polar surface area (TPSA) is 35.2 Å². The van der Waals surface area contributed by atoms with Gasteiger partial charge in [0.1, 0.15) is 0 Å². The van der Waals surface area contributed by atoms with Gasteiger partial charge in [0.2, 0.25) is 0 Å². The standard InChI is InChI=1S/C11H17NOSi/c12-10-5-3-9(4-6-10)11(14)7-1-2-8-13-11/h3-6H,1-2,7-8,12H2,14H3. The van der Waals surface area contributed by atoms with Crippen LogP contribution in [0.1, 0.15) is 24.8 Å². The molecule has 1 unspecified atom stereocenters. The van der Waals surface area contributed by atoms with E-state index in [0.29, 0.717) is 0 Å². The molecule has 1 aliphatic heterocycles. The fourth-order valence-corrected chi connectivity index (χ4v) is 2.89. The quantitative estimate of drug-likeness (QED) is 0.550. The number of nitrogens with two attached hydrogens (primary N) is 1. The van der Waals surface area contributed by atoms with E-state index >= 15 is 0 Å². The molecule has 76 valence electrons. The fraction of sp³-hybridized carbons (Fsp3) is 0.455. The van der Waals surface area contributed by atoms with Crippen molar-refractivity contribution in [1.29, 1.82) is 0 Å². The van der Waals surface area contributed by atoms with Crippen molar-refractivity contribution in [2.45, 2.75) is 24.5 Å². The Bertz CT molecular complexity index is 304. The van der Waals surface area contributed by atoms with Crippen molar-refractivity contribution in [3.63, 3.8) is 0 Å². The summed E-state index contributed by atoms with van der Waals surface area (Å²) in [5.41, 5.74) is 7.80. The van der Waals surface area contributed by atoms with E-state index in [1.54, 1.807) is 0 Å². The minimum Gasteiger partial charge on any atom is -0.399 e. The molecule has 1 aliphatic rings. The number of benzene rings is 1. The van der Waals surface area contributed by atoms with Crippen LogP contribution in [0.25, 0.3) is 0 Å². The summed E-state index contributed by atoms with van der Waals surface area (Å²) in [5, 5.41) is 0.0476. The van der Waals surface area contributed by atoms with Gasteiger partial charge in [-0.3, -0.25) is 0 Å². The van der Waals surface area contributed by atoms with E-state index in [1.807, 2.05) is 12.1 Å². The maximum atomic E-state index is 5.91. The summed E-state index contributed by atoms with van der Waals surface area (Å²) >= 11 is 0. The van der Waals surface area contributed by atoms with Crippen LogP contribution in [0, 0.1) is 0 Å². The summed E-state index contributed by atoms with van der Waals surface area (Å²) in [7, 11) is 1.05. The molecule has 0 bridgehead atoms. The number of hydrogen-bond donors (Lipinski definition) is 1. The third-order valence-electron chi connectivity index (χ3n) is 2.99. The fourth-order valence-electron chi connectivity index (χ4n) is 2.00. The molecular formula is C11H17NOSi. The Kier molecular flexibility index (Phi) is 2.61. The zero-order valence-corrected chi connectivity index (χ0v) is 10.6. The third kappa shape index (κ3) is 1.83. The van der Waals surface area contributed by atoms with Crippen molar-refractivity contribution in [1.82, 2.24) is 0 Å². The highest BCUT2D eigenvalue weighted by Crippen LogP contribution is 2.32. The first-order valence-electron chi connectivity index (χ1n) is 5.21. The molecule has 2 rings (SSSR count). The molecule has 1 aromatic rings. The van der Waals surface area contributed by atoms with Gasteiger partial charge in [-0.25, -0.2) is 0 Å². The van der Waals surface area contributed by atoms with E-state index in [9.17, 15) is 0 Å². The van der Waals surface area contributed by atoms with Crippen LogP contribution in [-0.2, 0) is 9.96 Å². The van der Waals surface area contributed by atoms with Gasteiger partial charge in [-0.15, -0.1) is 0 Å². The molecule has 2 nitrogen and oxygen atoms in total. The Morgan fingerprint density at radius 3 is 2.50 bits per heavy atom. The molecule has 1 saturated heterocycles. The van der Waals surface area contributed by atoms with Crippen LogP contribution in [0.4, 0.5) is 5.69 Å². The Hall–Kier alpha value is -0.803. The Labute approximate surface area is 87.9 Å². The lowest BCUT2D eigenvalue weighted by molar-refractivity contribution is -0.0210. The second-order valence-corrected chi connectivity index (χ2v) is 5.77. The molecule has 1 aromatic carbocycles. The van der Waals surface area contributed by atoms with Crippen LogP contribution in [0.5, 0.6) is 0 Å². The first-order valence-corrected chi connectivity index (χ1v) is 6.21. The van der Waals surface area contributed by atoms with E-state index in [0.717, 1.165) is 22.5 Å². The number of ether oxygens (including phenoxy) is 1. The molecule has 1 heterocycles. The highest BCUT2D eigenvalue weighted by atomic mass is 28.1. The lowest BCUT2D eigenvalue weighted by Crippen LogP contribution is -2.33. The Morgan fingerprint density at radius 2 is 1.93 bits per heavy atom. The second kappa shape index (κ2) is 3.75. The molecule has 2 N–H and O–H groups in total. The number of rotatable bonds is 1. The summed E-state index contributed by atoms with van der Waals surface area (Å²) < 4.78 is 5.91. The summed E-state index contributed by atoms with van der Waals surface area (Å²) in [6.07, 6.45) is 3.66. The van der Waals surface area contributed by atoms with Crippen LogP contribution < -0.4 is 5.73 Å². The average Bonchev–Trinajstić information content (AvgIpc) is 2.19. The highest BCUT2D eigenvalue weighted by Gasteiger charge is 2.29. The molecule has 0 spiro atoms. The minimum atomic E-state index is 0.0476. The van der Waals surface area contributed by atoms with E-state index in [4.69, 9.17) is 10.5 Å². The minimum absolute atomic E-state index is 0.0476. The van der Waals surface area contributed by atoms with Gasteiger partial charge in [0.15, 0.2) is 0 Å². The zero-order chi connectivity index (χ0) is 10.0. The molecule has 14 heavy (non-hydrogen) atoms. The molecule has 0 radical (unpaired) electrons. The summed E-state index contributed by atoms with van der Waals surface area (Å²) in [6, 6.07) is 8.14. The normalized spacial score (nSPS) is 27.7. The SMILES string of the molecule is Nc1ccc(C2([SiH3])CCCCO2)cc1. The molecule has 1 atom stereocenters. The lowest BCUT2D eigenvalue weighted by Gasteiger charge is -2.34. The van der Waals surface area contributed by atoms with Crippen LogP contribution in [0.2, 0.25) is 0 Å². The molecule has 3 heteroatoms. The van der Waals surface area contributed by atoms with Gasteiger partial charge in [-0.1, -0.05) is 12.1 Å².